The number of para-hydroxylation sites is 1. The summed E-state index contributed by atoms with van der Waals surface area (Å²) in [4.78, 5) is 9.98. The van der Waals surface area contributed by atoms with Gasteiger partial charge < -0.3 is 0 Å². The van der Waals surface area contributed by atoms with Crippen LogP contribution in [0.2, 0.25) is 0 Å². The summed E-state index contributed by atoms with van der Waals surface area (Å²) in [5, 5.41) is 1.21. The molecule has 0 unspecified atom stereocenters. The molecule has 6 rings (SSSR count). The van der Waals surface area contributed by atoms with Crippen LogP contribution in [-0.4, -0.2) is 14.5 Å². The van der Waals surface area contributed by atoms with Crippen LogP contribution in [0, 0.1) is 0 Å². The first kappa shape index (κ1) is 13.3. The number of pyridine rings is 2. The largest absolute Gasteiger partial charge is 0.296 e. The number of thiophene rings is 1. The maximum Gasteiger partial charge on any atom is 0.296 e. The monoisotopic (exact) mass is 341 g/mol. The summed E-state index contributed by atoms with van der Waals surface area (Å²) in [5.74, 6) is 1.23. The van der Waals surface area contributed by atoms with E-state index in [0.717, 1.165) is 6.54 Å². The van der Waals surface area contributed by atoms with Gasteiger partial charge in [0.05, 0.1) is 10.9 Å². The van der Waals surface area contributed by atoms with Crippen molar-refractivity contribution in [2.75, 3.05) is 0 Å². The number of benzene rings is 1. The number of imidazole rings is 1. The van der Waals surface area contributed by atoms with Crippen molar-refractivity contribution in [3.05, 3.63) is 72.8 Å². The zero-order chi connectivity index (χ0) is 16.4. The number of nitrogens with zero attached hydrogens (tertiary/aromatic N) is 4. The lowest BCUT2D eigenvalue weighted by atomic mass is 10.1. The first-order valence-corrected chi connectivity index (χ1v) is 9.03. The molecule has 4 aromatic heterocycles. The minimum absolute atomic E-state index is 0.870. The highest BCUT2D eigenvalue weighted by molar-refractivity contribution is 7.25. The van der Waals surface area contributed by atoms with Gasteiger partial charge in [0, 0.05) is 35.1 Å². The molecule has 1 aliphatic rings. The van der Waals surface area contributed by atoms with Gasteiger partial charge in [0.25, 0.3) is 5.82 Å². The number of hydrogen-bond donors (Lipinski definition) is 0. The van der Waals surface area contributed by atoms with E-state index in [1.807, 2.05) is 36.1 Å². The van der Waals surface area contributed by atoms with E-state index >= 15 is 0 Å². The number of hydrogen-bond acceptors (Lipinski definition) is 3. The predicted molar refractivity (Wildman–Crippen MR) is 99.0 cm³/mol. The smallest absolute Gasteiger partial charge is 0.264 e. The molecule has 0 amide bonds. The number of aromatic nitrogens is 4. The Labute approximate surface area is 147 Å². The van der Waals surface area contributed by atoms with Crippen molar-refractivity contribution >= 4 is 31.8 Å². The van der Waals surface area contributed by atoms with Crippen LogP contribution in [-0.2, 0) is 6.54 Å². The number of rotatable bonds is 1. The third-order valence-electron chi connectivity index (χ3n) is 4.87. The fourth-order valence-corrected chi connectivity index (χ4v) is 4.98. The van der Waals surface area contributed by atoms with Crippen LogP contribution in [0.4, 0.5) is 0 Å². The van der Waals surface area contributed by atoms with Crippen LogP contribution in [0.1, 0.15) is 5.56 Å². The molecular formula is C20H13N4S+. The average Bonchev–Trinajstić information content (AvgIpc) is 3.30. The summed E-state index contributed by atoms with van der Waals surface area (Å²) in [6, 6.07) is 14.8. The molecule has 0 aliphatic carbocycles. The fraction of sp³-hybridized carbons (Fsp3) is 0.0500. The molecule has 0 fully saturated rings. The first-order valence-electron chi connectivity index (χ1n) is 8.21. The van der Waals surface area contributed by atoms with E-state index in [-0.39, 0.29) is 0 Å². The van der Waals surface area contributed by atoms with Gasteiger partial charge in [-0.1, -0.05) is 29.5 Å². The lowest BCUT2D eigenvalue weighted by Gasteiger charge is -2.01. The van der Waals surface area contributed by atoms with Crippen LogP contribution < -0.4 is 4.57 Å². The van der Waals surface area contributed by atoms with Gasteiger partial charge in [0.2, 0.25) is 10.3 Å². The van der Waals surface area contributed by atoms with Crippen LogP contribution in [0.5, 0.6) is 0 Å². The van der Waals surface area contributed by atoms with Gasteiger partial charge in [-0.05, 0) is 24.3 Å². The normalized spacial score (nSPS) is 12.6. The lowest BCUT2D eigenvalue weighted by molar-refractivity contribution is -0.643. The summed E-state index contributed by atoms with van der Waals surface area (Å²) >= 11 is 1.83. The van der Waals surface area contributed by atoms with E-state index in [9.17, 15) is 0 Å². The van der Waals surface area contributed by atoms with E-state index < -0.39 is 0 Å². The molecule has 0 saturated heterocycles. The minimum atomic E-state index is 0.870. The molecule has 5 heterocycles. The number of fused-ring (bicyclic) bond motifs is 7. The van der Waals surface area contributed by atoms with E-state index in [1.54, 1.807) is 0 Å². The summed E-state index contributed by atoms with van der Waals surface area (Å²) in [5.41, 5.74) is 4.96. The molecule has 0 N–H and O–H groups in total. The molecule has 0 radical (unpaired) electrons. The van der Waals surface area contributed by atoms with Crippen molar-refractivity contribution < 1.29 is 4.57 Å². The van der Waals surface area contributed by atoms with Gasteiger partial charge in [-0.2, -0.15) is 4.57 Å². The Morgan fingerprint density at radius 2 is 1.80 bits per heavy atom. The SMILES string of the molecule is c1ccc(-n2c3[n+](c4sc5ccncc5c42)Cc2cnccc2-3)cc1. The highest BCUT2D eigenvalue weighted by Crippen LogP contribution is 2.39. The van der Waals surface area contributed by atoms with Gasteiger partial charge >= 0.3 is 0 Å². The van der Waals surface area contributed by atoms with Gasteiger partial charge in [-0.25, -0.2) is 4.57 Å². The quantitative estimate of drug-likeness (QED) is 0.424. The summed E-state index contributed by atoms with van der Waals surface area (Å²) in [6.45, 7) is 0.870. The van der Waals surface area contributed by atoms with E-state index in [2.05, 4.69) is 61.6 Å². The third kappa shape index (κ3) is 1.68. The fourth-order valence-electron chi connectivity index (χ4n) is 3.82. The molecular weight excluding hydrogens is 328 g/mol. The molecule has 25 heavy (non-hydrogen) atoms. The van der Waals surface area contributed by atoms with Crippen molar-refractivity contribution in [2.45, 2.75) is 6.54 Å². The first-order chi connectivity index (χ1) is 12.4. The summed E-state index contributed by atoms with van der Waals surface area (Å²) < 4.78 is 6.06. The molecule has 1 aromatic carbocycles. The van der Waals surface area contributed by atoms with Gasteiger partial charge in [-0.15, -0.1) is 0 Å². The standard InChI is InChI=1S/C20H13N4S/c1-2-4-14(5-3-1)24-18-16-11-22-9-7-17(16)25-20(18)23-12-13-10-21-8-6-15(13)19(23)24/h1-11H,12H2/q+1. The van der Waals surface area contributed by atoms with Crippen LogP contribution in [0.15, 0.2) is 67.3 Å². The molecule has 0 bridgehead atoms. The highest BCUT2D eigenvalue weighted by Gasteiger charge is 2.37. The maximum absolute atomic E-state index is 4.37. The predicted octanol–water partition coefficient (Wildman–Crippen LogP) is 3.95. The Kier molecular flexibility index (Phi) is 2.51. The maximum atomic E-state index is 4.37. The average molecular weight is 341 g/mol. The Bertz CT molecular complexity index is 1270. The Morgan fingerprint density at radius 1 is 0.960 bits per heavy atom. The van der Waals surface area contributed by atoms with E-state index in [1.165, 1.54) is 43.1 Å². The lowest BCUT2D eigenvalue weighted by Crippen LogP contribution is -2.30. The summed E-state index contributed by atoms with van der Waals surface area (Å²) in [6.07, 6.45) is 7.72. The molecule has 0 spiro atoms. The van der Waals surface area contributed by atoms with Crippen LogP contribution in [0.3, 0.4) is 0 Å². The van der Waals surface area contributed by atoms with E-state index in [4.69, 9.17) is 0 Å². The molecule has 1 aliphatic heterocycles. The Balaban J connectivity index is 1.84. The van der Waals surface area contributed by atoms with Crippen LogP contribution >= 0.6 is 11.3 Å². The second-order valence-corrected chi connectivity index (χ2v) is 7.27. The van der Waals surface area contributed by atoms with Crippen LogP contribution in [0.25, 0.3) is 37.5 Å². The van der Waals surface area contributed by atoms with Gasteiger partial charge in [-0.3, -0.25) is 9.97 Å². The molecule has 0 atom stereocenters. The molecule has 0 saturated carbocycles. The zero-order valence-corrected chi connectivity index (χ0v) is 14.1. The Morgan fingerprint density at radius 3 is 2.72 bits per heavy atom. The second kappa shape index (κ2) is 4.74. The highest BCUT2D eigenvalue weighted by atomic mass is 32.1. The third-order valence-corrected chi connectivity index (χ3v) is 6.05. The summed E-state index contributed by atoms with van der Waals surface area (Å²) in [7, 11) is 0. The van der Waals surface area contributed by atoms with Crippen molar-refractivity contribution in [3.63, 3.8) is 0 Å². The van der Waals surface area contributed by atoms with E-state index in [0.29, 0.717) is 0 Å². The zero-order valence-electron chi connectivity index (χ0n) is 13.3. The van der Waals surface area contributed by atoms with Crippen molar-refractivity contribution in [1.82, 2.24) is 14.5 Å². The van der Waals surface area contributed by atoms with Crippen molar-refractivity contribution in [3.8, 4) is 17.1 Å². The topological polar surface area (TPSA) is 34.6 Å². The van der Waals surface area contributed by atoms with Crippen molar-refractivity contribution in [1.29, 1.82) is 0 Å². The molecule has 118 valence electrons. The van der Waals surface area contributed by atoms with Crippen molar-refractivity contribution in [2.24, 2.45) is 0 Å². The van der Waals surface area contributed by atoms with Gasteiger partial charge in [0.15, 0.2) is 0 Å². The second-order valence-electron chi connectivity index (χ2n) is 6.24. The minimum Gasteiger partial charge on any atom is -0.264 e. The molecule has 4 nitrogen and oxygen atoms in total. The molecule has 5 aromatic rings. The van der Waals surface area contributed by atoms with Gasteiger partial charge in [0.1, 0.15) is 12.2 Å². The Hall–Kier alpha value is -3.05. The molecule has 5 heteroatoms.